The minimum Gasteiger partial charge on any atom is -0.103 e. The standard InChI is InChI=1S/C14H16/c1-3-4-7-12-10-11(2)13-8-5-6-9-14(12)13/h3,5-6,8-11H,1,4,7H2,2H3. The number of fused-ring (bicyclic) bond motifs is 1. The third-order valence-corrected chi connectivity index (χ3v) is 2.87. The van der Waals surface area contributed by atoms with Gasteiger partial charge in [-0.05, 0) is 29.5 Å². The van der Waals surface area contributed by atoms with E-state index in [-0.39, 0.29) is 0 Å². The fraction of sp³-hybridized carbons (Fsp3) is 0.286. The summed E-state index contributed by atoms with van der Waals surface area (Å²) in [5, 5.41) is 0. The third kappa shape index (κ3) is 1.52. The lowest BCUT2D eigenvalue weighted by Gasteiger charge is -2.04. The second-order valence-electron chi connectivity index (χ2n) is 3.90. The molecule has 1 unspecified atom stereocenters. The summed E-state index contributed by atoms with van der Waals surface area (Å²) in [4.78, 5) is 0. The lowest BCUT2D eigenvalue weighted by molar-refractivity contribution is 0.988. The number of hydrogen-bond donors (Lipinski definition) is 0. The minimum atomic E-state index is 0.589. The zero-order valence-electron chi connectivity index (χ0n) is 8.66. The van der Waals surface area contributed by atoms with Crippen LogP contribution in [0.25, 0.3) is 5.57 Å². The summed E-state index contributed by atoms with van der Waals surface area (Å²) in [6.07, 6.45) is 6.58. The Labute approximate surface area is 86.0 Å². The van der Waals surface area contributed by atoms with Crippen molar-refractivity contribution in [2.45, 2.75) is 25.7 Å². The lowest BCUT2D eigenvalue weighted by atomic mass is 10.0. The highest BCUT2D eigenvalue weighted by Gasteiger charge is 2.18. The molecule has 72 valence electrons. The van der Waals surface area contributed by atoms with Crippen LogP contribution in [0.3, 0.4) is 0 Å². The Morgan fingerprint density at radius 1 is 1.36 bits per heavy atom. The molecule has 0 radical (unpaired) electrons. The number of hydrogen-bond acceptors (Lipinski definition) is 0. The van der Waals surface area contributed by atoms with Crippen LogP contribution in [0.4, 0.5) is 0 Å². The molecule has 0 N–H and O–H groups in total. The van der Waals surface area contributed by atoms with Crippen molar-refractivity contribution in [3.05, 3.63) is 54.1 Å². The monoisotopic (exact) mass is 184 g/mol. The van der Waals surface area contributed by atoms with Crippen molar-refractivity contribution in [3.63, 3.8) is 0 Å². The van der Waals surface area contributed by atoms with Crippen molar-refractivity contribution in [1.29, 1.82) is 0 Å². The van der Waals surface area contributed by atoms with E-state index in [0.29, 0.717) is 5.92 Å². The van der Waals surface area contributed by atoms with Gasteiger partial charge in [-0.2, -0.15) is 0 Å². The Morgan fingerprint density at radius 3 is 2.93 bits per heavy atom. The molecule has 0 amide bonds. The summed E-state index contributed by atoms with van der Waals surface area (Å²) in [5.41, 5.74) is 4.42. The number of benzene rings is 1. The van der Waals surface area contributed by atoms with E-state index in [1.165, 1.54) is 16.7 Å². The average molecular weight is 184 g/mol. The fourth-order valence-electron chi connectivity index (χ4n) is 2.14. The van der Waals surface area contributed by atoms with Crippen LogP contribution in [0.15, 0.2) is 43.0 Å². The maximum absolute atomic E-state index is 3.77. The molecular formula is C14H16. The average Bonchev–Trinajstić information content (AvgIpc) is 2.54. The summed E-state index contributed by atoms with van der Waals surface area (Å²) in [6, 6.07) is 8.71. The van der Waals surface area contributed by atoms with Gasteiger partial charge in [0.05, 0.1) is 0 Å². The summed E-state index contributed by atoms with van der Waals surface area (Å²) >= 11 is 0. The first-order valence-corrected chi connectivity index (χ1v) is 5.24. The third-order valence-electron chi connectivity index (χ3n) is 2.87. The van der Waals surface area contributed by atoms with E-state index in [1.807, 2.05) is 6.08 Å². The zero-order chi connectivity index (χ0) is 9.97. The predicted octanol–water partition coefficient (Wildman–Crippen LogP) is 4.15. The molecule has 0 fully saturated rings. The minimum absolute atomic E-state index is 0.589. The quantitative estimate of drug-likeness (QED) is 0.619. The number of allylic oxidation sites excluding steroid dienone is 3. The van der Waals surface area contributed by atoms with E-state index in [9.17, 15) is 0 Å². The molecule has 0 spiro atoms. The molecular weight excluding hydrogens is 168 g/mol. The Morgan fingerprint density at radius 2 is 2.14 bits per heavy atom. The molecule has 0 bridgehead atoms. The smallest absolute Gasteiger partial charge is 0.000163 e. The Kier molecular flexibility index (Phi) is 2.53. The van der Waals surface area contributed by atoms with Gasteiger partial charge in [0.2, 0.25) is 0 Å². The van der Waals surface area contributed by atoms with Crippen LogP contribution >= 0.6 is 0 Å². The molecule has 1 aromatic rings. The van der Waals surface area contributed by atoms with Crippen LogP contribution in [0.1, 0.15) is 36.8 Å². The van der Waals surface area contributed by atoms with Gasteiger partial charge in [0.25, 0.3) is 0 Å². The van der Waals surface area contributed by atoms with Crippen molar-refractivity contribution in [1.82, 2.24) is 0 Å². The summed E-state index contributed by atoms with van der Waals surface area (Å²) < 4.78 is 0. The van der Waals surface area contributed by atoms with E-state index in [1.54, 1.807) is 0 Å². The van der Waals surface area contributed by atoms with E-state index >= 15 is 0 Å². The summed E-state index contributed by atoms with van der Waals surface area (Å²) in [7, 11) is 0. The van der Waals surface area contributed by atoms with Crippen molar-refractivity contribution in [2.24, 2.45) is 0 Å². The maximum atomic E-state index is 3.77. The Hall–Kier alpha value is -1.30. The van der Waals surface area contributed by atoms with Crippen LogP contribution in [0, 0.1) is 0 Å². The fourth-order valence-corrected chi connectivity index (χ4v) is 2.14. The summed E-state index contributed by atoms with van der Waals surface area (Å²) in [6.45, 7) is 6.03. The van der Waals surface area contributed by atoms with Gasteiger partial charge in [-0.3, -0.25) is 0 Å². The van der Waals surface area contributed by atoms with Gasteiger partial charge >= 0.3 is 0 Å². The van der Waals surface area contributed by atoms with Gasteiger partial charge in [-0.1, -0.05) is 43.3 Å². The largest absolute Gasteiger partial charge is 0.103 e. The van der Waals surface area contributed by atoms with Crippen LogP contribution in [-0.2, 0) is 0 Å². The van der Waals surface area contributed by atoms with Crippen molar-refractivity contribution in [3.8, 4) is 0 Å². The van der Waals surface area contributed by atoms with Crippen LogP contribution < -0.4 is 0 Å². The first-order chi connectivity index (χ1) is 6.83. The molecule has 1 aliphatic carbocycles. The molecule has 0 saturated heterocycles. The highest BCUT2D eigenvalue weighted by molar-refractivity contribution is 5.74. The molecule has 2 rings (SSSR count). The Balaban J connectivity index is 2.29. The van der Waals surface area contributed by atoms with Gasteiger partial charge in [-0.25, -0.2) is 0 Å². The molecule has 0 heterocycles. The molecule has 0 heteroatoms. The lowest BCUT2D eigenvalue weighted by Crippen LogP contribution is -1.86. The maximum Gasteiger partial charge on any atom is 0.000163 e. The predicted molar refractivity (Wildman–Crippen MR) is 62.3 cm³/mol. The number of rotatable bonds is 3. The van der Waals surface area contributed by atoms with Crippen LogP contribution in [0.2, 0.25) is 0 Å². The van der Waals surface area contributed by atoms with Gasteiger partial charge in [0.1, 0.15) is 0 Å². The molecule has 0 aromatic heterocycles. The van der Waals surface area contributed by atoms with Crippen LogP contribution in [-0.4, -0.2) is 0 Å². The second-order valence-corrected chi connectivity index (χ2v) is 3.90. The van der Waals surface area contributed by atoms with E-state index in [4.69, 9.17) is 0 Å². The highest BCUT2D eigenvalue weighted by Crippen LogP contribution is 2.37. The van der Waals surface area contributed by atoms with Gasteiger partial charge in [0.15, 0.2) is 0 Å². The normalized spacial score (nSPS) is 18.9. The van der Waals surface area contributed by atoms with Crippen LogP contribution in [0.5, 0.6) is 0 Å². The summed E-state index contributed by atoms with van der Waals surface area (Å²) in [5.74, 6) is 0.589. The van der Waals surface area contributed by atoms with Crippen molar-refractivity contribution in [2.75, 3.05) is 0 Å². The topological polar surface area (TPSA) is 0 Å². The van der Waals surface area contributed by atoms with E-state index in [2.05, 4.69) is 43.8 Å². The molecule has 14 heavy (non-hydrogen) atoms. The second kappa shape index (κ2) is 3.83. The van der Waals surface area contributed by atoms with Crippen molar-refractivity contribution < 1.29 is 0 Å². The highest BCUT2D eigenvalue weighted by atomic mass is 14.2. The zero-order valence-corrected chi connectivity index (χ0v) is 8.66. The molecule has 1 atom stereocenters. The molecule has 0 nitrogen and oxygen atoms in total. The van der Waals surface area contributed by atoms with Gasteiger partial charge < -0.3 is 0 Å². The molecule has 1 aliphatic rings. The molecule has 0 aliphatic heterocycles. The SMILES string of the molecule is C=CCCC1=CC(C)c2ccccc21. The Bertz CT molecular complexity index is 371. The van der Waals surface area contributed by atoms with Gasteiger partial charge in [-0.15, -0.1) is 6.58 Å². The van der Waals surface area contributed by atoms with Crippen molar-refractivity contribution >= 4 is 5.57 Å². The molecule has 0 saturated carbocycles. The molecule has 1 aromatic carbocycles. The first-order valence-electron chi connectivity index (χ1n) is 5.24. The first kappa shape index (κ1) is 9.26. The van der Waals surface area contributed by atoms with E-state index < -0.39 is 0 Å². The van der Waals surface area contributed by atoms with Gasteiger partial charge in [0, 0.05) is 5.92 Å². The van der Waals surface area contributed by atoms with E-state index in [0.717, 1.165) is 12.8 Å².